The van der Waals surface area contributed by atoms with Gasteiger partial charge >= 0.3 is 0 Å². The Morgan fingerprint density at radius 3 is 0.333 bits per heavy atom. The van der Waals surface area contributed by atoms with Crippen molar-refractivity contribution in [1.82, 2.24) is 0 Å². The van der Waals surface area contributed by atoms with Gasteiger partial charge in [-0.1, -0.05) is 7.43 Å². The van der Waals surface area contributed by atoms with Crippen LogP contribution in [0, 0.1) is 0 Å². The van der Waals surface area contributed by atoms with E-state index in [1.165, 1.54) is 0 Å². The van der Waals surface area contributed by atoms with Crippen molar-refractivity contribution in [3.8, 4) is 0 Å². The minimum Gasteiger partial charge on any atom is -0.412 e. The van der Waals surface area contributed by atoms with Gasteiger partial charge in [0.25, 0.3) is 0 Å². The molecule has 0 aromatic rings. The van der Waals surface area contributed by atoms with Gasteiger partial charge in [-0.25, -0.2) is 0 Å². The highest BCUT2D eigenvalue weighted by atomic mass is 16.0. The highest BCUT2D eigenvalue weighted by Gasteiger charge is -0.0775. The van der Waals surface area contributed by atoms with Gasteiger partial charge in [-0.05, 0) is 0 Å². The first-order valence-electron chi connectivity index (χ1n) is 0. The van der Waals surface area contributed by atoms with Crippen molar-refractivity contribution < 1.29 is 27.4 Å². The molecule has 0 amide bonds. The molecule has 0 rings (SSSR count). The number of rotatable bonds is 0. The van der Waals surface area contributed by atoms with Crippen molar-refractivity contribution in [3.05, 3.63) is 0 Å². The standard InChI is InChI=1S/CH4.5H2O/h1H4;5*1H2. The molecular weight excluding hydrogens is 92.0 g/mol. The Balaban J connectivity index is 0. The first-order valence-corrected chi connectivity index (χ1v) is 0. The van der Waals surface area contributed by atoms with Gasteiger partial charge in [0.15, 0.2) is 0 Å². The Hall–Kier alpha value is -0.200. The Bertz CT molecular complexity index is 3.90. The second kappa shape index (κ2) is 1730. The summed E-state index contributed by atoms with van der Waals surface area (Å²) < 4.78 is 0. The fraction of sp³-hybridized carbons (Fsp3) is 1.00. The smallest absolute Gasteiger partial charge is 0.0776 e. The molecule has 0 spiro atoms. The zero-order valence-electron chi connectivity index (χ0n) is 2.50. The maximum atomic E-state index is 0. The van der Waals surface area contributed by atoms with Crippen LogP contribution in [0.25, 0.3) is 0 Å². The van der Waals surface area contributed by atoms with E-state index in [9.17, 15) is 0 Å². The van der Waals surface area contributed by atoms with Crippen LogP contribution in [0.2, 0.25) is 0 Å². The van der Waals surface area contributed by atoms with Crippen molar-refractivity contribution in [2.24, 2.45) is 0 Å². The lowest BCUT2D eigenvalue weighted by Crippen LogP contribution is -0.290. The van der Waals surface area contributed by atoms with Gasteiger partial charge in [-0.15, -0.1) is 0 Å². The van der Waals surface area contributed by atoms with Gasteiger partial charge < -0.3 is 27.4 Å². The maximum absolute atomic E-state index is 0. The molecule has 0 aliphatic heterocycles. The summed E-state index contributed by atoms with van der Waals surface area (Å²) in [5.41, 5.74) is 0. The third-order valence-electron chi connectivity index (χ3n) is 0. The monoisotopic (exact) mass is 106 g/mol. The lowest BCUT2D eigenvalue weighted by atomic mass is 12.0. The second-order valence-corrected chi connectivity index (χ2v) is 0. The van der Waals surface area contributed by atoms with E-state index < -0.39 is 0 Å². The third kappa shape index (κ3) is 745. The fourth-order valence-electron chi connectivity index (χ4n) is 0. The van der Waals surface area contributed by atoms with Crippen LogP contribution in [0.5, 0.6) is 0 Å². The quantitative estimate of drug-likeness (QED) is 0.300. The van der Waals surface area contributed by atoms with Crippen molar-refractivity contribution in [1.29, 1.82) is 0 Å². The molecule has 0 aliphatic rings. The Morgan fingerprint density at radius 2 is 0.333 bits per heavy atom. The second-order valence-electron chi connectivity index (χ2n) is 0. The summed E-state index contributed by atoms with van der Waals surface area (Å²) in [5, 5.41) is 0. The molecule has 0 bridgehead atoms. The van der Waals surface area contributed by atoms with Crippen LogP contribution < -0.4 is 0 Å². The van der Waals surface area contributed by atoms with Crippen molar-refractivity contribution in [2.45, 2.75) is 7.43 Å². The fourth-order valence-corrected chi connectivity index (χ4v) is 0. The highest BCUT2D eigenvalue weighted by molar-refractivity contribution is 2.50. The molecule has 48 valence electrons. The van der Waals surface area contributed by atoms with Crippen LogP contribution in [-0.2, 0) is 0 Å². The van der Waals surface area contributed by atoms with E-state index in [2.05, 4.69) is 0 Å². The minimum absolute atomic E-state index is 0. The number of hydrogen-bond donors (Lipinski definition) is 0. The molecule has 5 heteroatoms. The van der Waals surface area contributed by atoms with E-state index in [-0.39, 0.29) is 34.8 Å². The minimum atomic E-state index is 0. The van der Waals surface area contributed by atoms with E-state index in [1.807, 2.05) is 0 Å². The molecule has 0 unspecified atom stereocenters. The molecule has 6 heavy (non-hydrogen) atoms. The highest BCUT2D eigenvalue weighted by Crippen LogP contribution is 0.144. The molecular formula is CH14O5. The van der Waals surface area contributed by atoms with Gasteiger partial charge in [-0.2, -0.15) is 0 Å². The summed E-state index contributed by atoms with van der Waals surface area (Å²) in [4.78, 5) is 0. The van der Waals surface area contributed by atoms with Crippen LogP contribution in [0.4, 0.5) is 0 Å². The summed E-state index contributed by atoms with van der Waals surface area (Å²) in [5.74, 6) is 0. The maximum Gasteiger partial charge on any atom is -0.0776 e. The molecule has 5 nitrogen and oxygen atoms in total. The first kappa shape index (κ1) is 3340. The Kier molecular flexibility index (Phi) is 965000. The Morgan fingerprint density at radius 1 is 0.333 bits per heavy atom. The molecule has 0 radical (unpaired) electrons. The van der Waals surface area contributed by atoms with Gasteiger partial charge in [0.2, 0.25) is 0 Å². The molecule has 0 fully saturated rings. The van der Waals surface area contributed by atoms with Crippen molar-refractivity contribution >= 4 is 0 Å². The van der Waals surface area contributed by atoms with Gasteiger partial charge in [0.1, 0.15) is 0 Å². The normalized spacial score (nSPS) is 0. The van der Waals surface area contributed by atoms with Crippen LogP contribution in [0.1, 0.15) is 7.43 Å². The van der Waals surface area contributed by atoms with Crippen LogP contribution in [0.3, 0.4) is 0 Å². The van der Waals surface area contributed by atoms with Gasteiger partial charge in [0, 0.05) is 0 Å². The van der Waals surface area contributed by atoms with E-state index >= 15 is 0 Å². The zero-order valence-corrected chi connectivity index (χ0v) is 2.50. The lowest BCUT2D eigenvalue weighted by molar-refractivity contribution is 0.823. The lowest BCUT2D eigenvalue weighted by Gasteiger charge is -0.413. The zero-order chi connectivity index (χ0) is 0. The summed E-state index contributed by atoms with van der Waals surface area (Å²) in [7, 11) is 0. The van der Waals surface area contributed by atoms with Crippen LogP contribution >= 0.6 is 0 Å². The van der Waals surface area contributed by atoms with E-state index in [1.54, 1.807) is 0 Å². The summed E-state index contributed by atoms with van der Waals surface area (Å²) in [6, 6.07) is 0. The molecule has 0 aromatic heterocycles. The van der Waals surface area contributed by atoms with E-state index in [0.717, 1.165) is 0 Å². The Labute approximate surface area is 36.1 Å². The molecule has 0 aliphatic carbocycles. The van der Waals surface area contributed by atoms with Gasteiger partial charge in [0.05, 0.1) is 0 Å². The molecule has 0 atom stereocenters. The van der Waals surface area contributed by atoms with Crippen LogP contribution in [0.15, 0.2) is 0 Å². The van der Waals surface area contributed by atoms with Gasteiger partial charge in [-0.3, -0.25) is 0 Å². The molecule has 0 heterocycles. The largest absolute Gasteiger partial charge is 0.412 e. The SMILES string of the molecule is C.O.O.O.O.O. The van der Waals surface area contributed by atoms with Crippen LogP contribution in [-0.4, -0.2) is 27.4 Å². The average molecular weight is 106 g/mol. The topological polar surface area (TPSA) is 158 Å². The molecule has 0 saturated carbocycles. The molecule has 0 aromatic carbocycles. The average Bonchev–Trinajstić information content (AvgIpc) is 0. The summed E-state index contributed by atoms with van der Waals surface area (Å²) >= 11 is 0. The van der Waals surface area contributed by atoms with E-state index in [0.29, 0.717) is 0 Å². The van der Waals surface area contributed by atoms with E-state index in [4.69, 9.17) is 0 Å². The first-order chi connectivity index (χ1) is 0. The molecule has 0 saturated heterocycles. The summed E-state index contributed by atoms with van der Waals surface area (Å²) in [6.07, 6.45) is 0. The van der Waals surface area contributed by atoms with Crippen molar-refractivity contribution in [3.63, 3.8) is 0 Å². The predicted octanol–water partition coefficient (Wildman–Crippen LogP) is -3.49. The van der Waals surface area contributed by atoms with Crippen molar-refractivity contribution in [2.75, 3.05) is 0 Å². The number of hydrogen-bond acceptors (Lipinski definition) is 0. The summed E-state index contributed by atoms with van der Waals surface area (Å²) in [6.45, 7) is 0. The molecule has 10 N–H and O–H groups in total. The predicted molar refractivity (Wildman–Crippen MR) is 24.8 cm³/mol. The third-order valence-corrected chi connectivity index (χ3v) is 0.